The van der Waals surface area contributed by atoms with Crippen LogP contribution in [0.2, 0.25) is 0 Å². The summed E-state index contributed by atoms with van der Waals surface area (Å²) in [7, 11) is 4.89. The van der Waals surface area contributed by atoms with Gasteiger partial charge in [0.2, 0.25) is 0 Å². The van der Waals surface area contributed by atoms with E-state index in [4.69, 9.17) is 14.2 Å². The summed E-state index contributed by atoms with van der Waals surface area (Å²) < 4.78 is 15.9. The lowest BCUT2D eigenvalue weighted by atomic mass is 10.0. The SMILES string of the molecule is COC[C@H](C)Nc1ccc(-c2cnnc3cc(OC)c(OC)cc23)cn1. The third-order valence-electron chi connectivity index (χ3n) is 4.03. The number of nitrogens with one attached hydrogen (secondary N) is 1. The monoisotopic (exact) mass is 354 g/mol. The average molecular weight is 354 g/mol. The molecule has 0 aliphatic rings. The maximum atomic E-state index is 5.41. The van der Waals surface area contributed by atoms with Crippen molar-refractivity contribution in [3.8, 4) is 22.6 Å². The largest absolute Gasteiger partial charge is 0.493 e. The Hall–Kier alpha value is -2.93. The van der Waals surface area contributed by atoms with Gasteiger partial charge in [-0.2, -0.15) is 10.2 Å². The summed E-state index contributed by atoms with van der Waals surface area (Å²) in [6.45, 7) is 2.66. The normalized spacial score (nSPS) is 12.0. The Morgan fingerprint density at radius 1 is 1.04 bits per heavy atom. The summed E-state index contributed by atoms with van der Waals surface area (Å²) in [5.74, 6) is 2.06. The molecule has 1 aromatic carbocycles. The molecule has 3 rings (SSSR count). The Balaban J connectivity index is 1.97. The predicted molar refractivity (Wildman–Crippen MR) is 101 cm³/mol. The van der Waals surface area contributed by atoms with Gasteiger partial charge in [-0.15, -0.1) is 0 Å². The fraction of sp³-hybridized carbons (Fsp3) is 0.316. The fourth-order valence-electron chi connectivity index (χ4n) is 2.80. The van der Waals surface area contributed by atoms with Crippen molar-refractivity contribution in [2.45, 2.75) is 13.0 Å². The van der Waals surface area contributed by atoms with Crippen molar-refractivity contribution in [3.63, 3.8) is 0 Å². The van der Waals surface area contributed by atoms with Crippen molar-refractivity contribution in [1.29, 1.82) is 0 Å². The van der Waals surface area contributed by atoms with Gasteiger partial charge in [-0.25, -0.2) is 4.98 Å². The number of aromatic nitrogens is 3. The first-order valence-corrected chi connectivity index (χ1v) is 8.25. The molecule has 1 atom stereocenters. The molecule has 1 N–H and O–H groups in total. The summed E-state index contributed by atoms with van der Waals surface area (Å²) in [6.07, 6.45) is 3.54. The van der Waals surface area contributed by atoms with E-state index in [-0.39, 0.29) is 6.04 Å². The molecule has 0 unspecified atom stereocenters. The molecule has 2 heterocycles. The van der Waals surface area contributed by atoms with Crippen LogP contribution in [-0.2, 0) is 4.74 Å². The van der Waals surface area contributed by atoms with Gasteiger partial charge in [0, 0.05) is 41.9 Å². The number of benzene rings is 1. The third-order valence-corrected chi connectivity index (χ3v) is 4.03. The number of hydrogen-bond donors (Lipinski definition) is 1. The topological polar surface area (TPSA) is 78.4 Å². The van der Waals surface area contributed by atoms with Gasteiger partial charge in [0.05, 0.1) is 32.5 Å². The standard InChI is InChI=1S/C19H22N4O3/c1-12(11-24-2)22-19-6-5-13(9-20-19)15-10-21-23-16-8-18(26-4)17(25-3)7-14(15)16/h5-10,12H,11H2,1-4H3,(H,20,22)/t12-/m0/s1. The second-order valence-electron chi connectivity index (χ2n) is 5.92. The van der Waals surface area contributed by atoms with Crippen LogP contribution < -0.4 is 14.8 Å². The molecule has 3 aromatic rings. The highest BCUT2D eigenvalue weighted by molar-refractivity contribution is 5.95. The van der Waals surface area contributed by atoms with Gasteiger partial charge in [0.25, 0.3) is 0 Å². The summed E-state index contributed by atoms with van der Waals surface area (Å²) in [4.78, 5) is 4.49. The average Bonchev–Trinajstić information content (AvgIpc) is 2.67. The van der Waals surface area contributed by atoms with E-state index < -0.39 is 0 Å². The number of anilines is 1. The number of fused-ring (bicyclic) bond motifs is 1. The van der Waals surface area contributed by atoms with Gasteiger partial charge in [-0.3, -0.25) is 0 Å². The number of pyridine rings is 1. The highest BCUT2D eigenvalue weighted by Gasteiger charge is 2.12. The molecule has 0 aliphatic carbocycles. The Morgan fingerprint density at radius 2 is 1.81 bits per heavy atom. The molecule has 2 aromatic heterocycles. The minimum Gasteiger partial charge on any atom is -0.493 e. The van der Waals surface area contributed by atoms with Crippen molar-refractivity contribution in [1.82, 2.24) is 15.2 Å². The minimum atomic E-state index is 0.179. The van der Waals surface area contributed by atoms with Gasteiger partial charge in [0.1, 0.15) is 5.82 Å². The second-order valence-corrected chi connectivity index (χ2v) is 5.92. The molecule has 26 heavy (non-hydrogen) atoms. The van der Waals surface area contributed by atoms with Crippen LogP contribution in [0.3, 0.4) is 0 Å². The maximum Gasteiger partial charge on any atom is 0.162 e. The van der Waals surface area contributed by atoms with Gasteiger partial charge < -0.3 is 19.5 Å². The number of nitrogens with zero attached hydrogens (tertiary/aromatic N) is 3. The molecule has 136 valence electrons. The first-order valence-electron chi connectivity index (χ1n) is 8.25. The molecule has 0 radical (unpaired) electrons. The molecule has 0 bridgehead atoms. The number of rotatable bonds is 7. The zero-order chi connectivity index (χ0) is 18.5. The molecule has 0 saturated carbocycles. The molecule has 0 saturated heterocycles. The quantitative estimate of drug-likeness (QED) is 0.698. The van der Waals surface area contributed by atoms with E-state index in [0.717, 1.165) is 27.8 Å². The highest BCUT2D eigenvalue weighted by atomic mass is 16.5. The van der Waals surface area contributed by atoms with Gasteiger partial charge in [-0.05, 0) is 25.1 Å². The molecule has 0 amide bonds. The highest BCUT2D eigenvalue weighted by Crippen LogP contribution is 2.35. The zero-order valence-electron chi connectivity index (χ0n) is 15.3. The van der Waals surface area contributed by atoms with E-state index in [1.807, 2.05) is 37.4 Å². The number of ether oxygens (including phenoxy) is 3. The van der Waals surface area contributed by atoms with Crippen LogP contribution in [0.25, 0.3) is 22.0 Å². The molecular weight excluding hydrogens is 332 g/mol. The van der Waals surface area contributed by atoms with Crippen LogP contribution in [0.4, 0.5) is 5.82 Å². The minimum absolute atomic E-state index is 0.179. The summed E-state index contributed by atoms with van der Waals surface area (Å²) in [5.41, 5.74) is 2.61. The van der Waals surface area contributed by atoms with Crippen molar-refractivity contribution in [2.75, 3.05) is 33.3 Å². The van der Waals surface area contributed by atoms with E-state index in [0.29, 0.717) is 18.1 Å². The first kappa shape index (κ1) is 17.9. The van der Waals surface area contributed by atoms with E-state index in [2.05, 4.69) is 20.5 Å². The third kappa shape index (κ3) is 3.67. The van der Waals surface area contributed by atoms with Crippen LogP contribution in [0.5, 0.6) is 11.5 Å². The summed E-state index contributed by atoms with van der Waals surface area (Å²) >= 11 is 0. The smallest absolute Gasteiger partial charge is 0.162 e. The van der Waals surface area contributed by atoms with Gasteiger partial charge in [0.15, 0.2) is 11.5 Å². The lowest BCUT2D eigenvalue weighted by molar-refractivity contribution is 0.190. The molecule has 7 heteroatoms. The Kier molecular flexibility index (Phi) is 5.48. The van der Waals surface area contributed by atoms with Crippen LogP contribution >= 0.6 is 0 Å². The van der Waals surface area contributed by atoms with Crippen LogP contribution in [0.15, 0.2) is 36.7 Å². The molecular formula is C19H22N4O3. The van der Waals surface area contributed by atoms with Crippen LogP contribution in [0, 0.1) is 0 Å². The second kappa shape index (κ2) is 7.97. The van der Waals surface area contributed by atoms with Crippen LogP contribution in [0.1, 0.15) is 6.92 Å². The van der Waals surface area contributed by atoms with E-state index in [1.165, 1.54) is 0 Å². The van der Waals surface area contributed by atoms with Gasteiger partial charge in [-0.1, -0.05) is 0 Å². The molecule has 7 nitrogen and oxygen atoms in total. The Morgan fingerprint density at radius 3 is 2.46 bits per heavy atom. The fourth-order valence-corrected chi connectivity index (χ4v) is 2.80. The predicted octanol–water partition coefficient (Wildman–Crippen LogP) is 3.16. The zero-order valence-corrected chi connectivity index (χ0v) is 15.3. The molecule has 0 fully saturated rings. The number of hydrogen-bond acceptors (Lipinski definition) is 7. The maximum absolute atomic E-state index is 5.41. The van der Waals surface area contributed by atoms with Crippen molar-refractivity contribution >= 4 is 16.7 Å². The summed E-state index contributed by atoms with van der Waals surface area (Å²) in [6, 6.07) is 7.85. The van der Waals surface area contributed by atoms with E-state index >= 15 is 0 Å². The first-order chi connectivity index (χ1) is 12.7. The van der Waals surface area contributed by atoms with Crippen LogP contribution in [-0.4, -0.2) is 49.2 Å². The molecule has 0 aliphatic heterocycles. The lowest BCUT2D eigenvalue weighted by Crippen LogP contribution is -2.21. The number of methoxy groups -OCH3 is 3. The van der Waals surface area contributed by atoms with E-state index in [9.17, 15) is 0 Å². The Bertz CT molecular complexity index is 884. The van der Waals surface area contributed by atoms with Gasteiger partial charge >= 0.3 is 0 Å². The van der Waals surface area contributed by atoms with Crippen molar-refractivity contribution in [2.24, 2.45) is 0 Å². The van der Waals surface area contributed by atoms with Crippen molar-refractivity contribution < 1.29 is 14.2 Å². The Labute approximate surface area is 152 Å². The summed E-state index contributed by atoms with van der Waals surface area (Å²) in [5, 5.41) is 12.5. The lowest BCUT2D eigenvalue weighted by Gasteiger charge is -2.14. The molecule has 0 spiro atoms. The van der Waals surface area contributed by atoms with E-state index in [1.54, 1.807) is 27.5 Å². The van der Waals surface area contributed by atoms with Crippen molar-refractivity contribution in [3.05, 3.63) is 36.7 Å².